The number of hydrogen-bond donors (Lipinski definition) is 1. The maximum atomic E-state index is 12.8. The number of carbonyl (C=O) groups is 1. The molecule has 0 aliphatic rings. The third kappa shape index (κ3) is 6.14. The Morgan fingerprint density at radius 1 is 1.32 bits per heavy atom. The Labute approximate surface area is 160 Å². The summed E-state index contributed by atoms with van der Waals surface area (Å²) in [5.41, 5.74) is -0.146. The lowest BCUT2D eigenvalue weighted by Gasteiger charge is -2.15. The third-order valence-electron chi connectivity index (χ3n) is 3.20. The van der Waals surface area contributed by atoms with Gasteiger partial charge in [0, 0.05) is 31.1 Å². The quantitative estimate of drug-likeness (QED) is 0.803. The highest BCUT2D eigenvalue weighted by atomic mass is 35.5. The van der Waals surface area contributed by atoms with Gasteiger partial charge in [-0.25, -0.2) is 4.98 Å². The Bertz CT molecular complexity index is 695. The lowest BCUT2D eigenvalue weighted by molar-refractivity contribution is -0.137. The van der Waals surface area contributed by atoms with E-state index in [-0.39, 0.29) is 36.4 Å². The number of hydrogen-bond acceptors (Lipinski definition) is 4. The molecule has 0 saturated heterocycles. The molecule has 1 amide bonds. The van der Waals surface area contributed by atoms with E-state index in [9.17, 15) is 18.0 Å². The highest BCUT2D eigenvalue weighted by molar-refractivity contribution is 7.13. The zero-order valence-corrected chi connectivity index (χ0v) is 15.9. The highest BCUT2D eigenvalue weighted by Crippen LogP contribution is 2.33. The first-order valence-electron chi connectivity index (χ1n) is 6.86. The zero-order valence-electron chi connectivity index (χ0n) is 13.5. The van der Waals surface area contributed by atoms with Crippen LogP contribution >= 0.6 is 36.2 Å². The lowest BCUT2D eigenvalue weighted by atomic mass is 10.1. The molecule has 1 aromatic carbocycles. The molecule has 0 unspecified atom stereocenters. The summed E-state index contributed by atoms with van der Waals surface area (Å²) in [5.74, 6) is -0.255. The maximum absolute atomic E-state index is 12.8. The average molecular weight is 416 g/mol. The van der Waals surface area contributed by atoms with Gasteiger partial charge in [0.2, 0.25) is 0 Å². The molecule has 0 aliphatic carbocycles. The number of nitrogens with one attached hydrogen (secondary N) is 1. The van der Waals surface area contributed by atoms with Gasteiger partial charge in [-0.15, -0.1) is 36.2 Å². The van der Waals surface area contributed by atoms with Crippen molar-refractivity contribution in [3.8, 4) is 10.6 Å². The number of benzene rings is 1. The molecule has 0 aliphatic heterocycles. The molecule has 1 heterocycles. The fourth-order valence-corrected chi connectivity index (χ4v) is 2.70. The van der Waals surface area contributed by atoms with E-state index in [0.29, 0.717) is 23.7 Å². The van der Waals surface area contributed by atoms with Crippen molar-refractivity contribution < 1.29 is 18.0 Å². The Morgan fingerprint density at radius 2 is 2.00 bits per heavy atom. The van der Waals surface area contributed by atoms with Crippen molar-refractivity contribution in [1.82, 2.24) is 15.2 Å². The standard InChI is InChI=1S/C15H16F3N3OS.2ClH/c1-19-6-7-21(2)14(22)12-9-23-13(20-12)10-4-3-5-11(8-10)15(16,17)18;;/h3-5,8-9,19H,6-7H2,1-2H3;2*1H. The van der Waals surface area contributed by atoms with Crippen molar-refractivity contribution in [1.29, 1.82) is 0 Å². The first-order valence-corrected chi connectivity index (χ1v) is 7.74. The zero-order chi connectivity index (χ0) is 17.0. The van der Waals surface area contributed by atoms with Gasteiger partial charge >= 0.3 is 6.18 Å². The topological polar surface area (TPSA) is 45.2 Å². The van der Waals surface area contributed by atoms with Gasteiger partial charge < -0.3 is 10.2 Å². The molecule has 2 aromatic rings. The fourth-order valence-electron chi connectivity index (χ4n) is 1.91. The van der Waals surface area contributed by atoms with Gasteiger partial charge in [-0.05, 0) is 19.2 Å². The Morgan fingerprint density at radius 3 is 2.60 bits per heavy atom. The van der Waals surface area contributed by atoms with E-state index in [1.54, 1.807) is 25.5 Å². The fraction of sp³-hybridized carbons (Fsp3) is 0.333. The van der Waals surface area contributed by atoms with E-state index in [1.165, 1.54) is 11.0 Å². The molecule has 1 aromatic heterocycles. The summed E-state index contributed by atoms with van der Waals surface area (Å²) in [6, 6.07) is 4.93. The maximum Gasteiger partial charge on any atom is 0.416 e. The van der Waals surface area contributed by atoms with Gasteiger partial charge in [0.15, 0.2) is 0 Å². The second-order valence-corrected chi connectivity index (χ2v) is 5.80. The smallest absolute Gasteiger partial charge is 0.339 e. The largest absolute Gasteiger partial charge is 0.416 e. The van der Waals surface area contributed by atoms with Crippen molar-refractivity contribution in [2.24, 2.45) is 0 Å². The van der Waals surface area contributed by atoms with Crippen LogP contribution in [0.5, 0.6) is 0 Å². The van der Waals surface area contributed by atoms with E-state index in [1.807, 2.05) is 0 Å². The van der Waals surface area contributed by atoms with Crippen LogP contribution in [-0.4, -0.2) is 43.0 Å². The van der Waals surface area contributed by atoms with Crippen molar-refractivity contribution in [2.45, 2.75) is 6.18 Å². The number of alkyl halides is 3. The molecule has 0 saturated carbocycles. The summed E-state index contributed by atoms with van der Waals surface area (Å²) in [6.07, 6.45) is -4.40. The summed E-state index contributed by atoms with van der Waals surface area (Å²) < 4.78 is 38.3. The number of carbonyl (C=O) groups excluding carboxylic acids is 1. The van der Waals surface area contributed by atoms with Crippen molar-refractivity contribution in [3.05, 3.63) is 40.9 Å². The summed E-state index contributed by atoms with van der Waals surface area (Å²) in [4.78, 5) is 17.9. The predicted molar refractivity (Wildman–Crippen MR) is 97.9 cm³/mol. The van der Waals surface area contributed by atoms with Crippen LogP contribution in [0.25, 0.3) is 10.6 Å². The van der Waals surface area contributed by atoms with Crippen molar-refractivity contribution in [2.75, 3.05) is 27.2 Å². The van der Waals surface area contributed by atoms with Crippen LogP contribution in [0.15, 0.2) is 29.6 Å². The van der Waals surface area contributed by atoms with Crippen LogP contribution in [-0.2, 0) is 6.18 Å². The number of thiazole rings is 1. The molecular formula is C15H18Cl2F3N3OS. The molecule has 2 rings (SSSR count). The van der Waals surface area contributed by atoms with Gasteiger partial charge in [-0.2, -0.15) is 13.2 Å². The van der Waals surface area contributed by atoms with E-state index in [2.05, 4.69) is 10.3 Å². The number of amides is 1. The van der Waals surface area contributed by atoms with Crippen LogP contribution in [0.1, 0.15) is 16.1 Å². The third-order valence-corrected chi connectivity index (χ3v) is 4.10. The molecule has 140 valence electrons. The van der Waals surface area contributed by atoms with Gasteiger partial charge in [0.1, 0.15) is 10.7 Å². The van der Waals surface area contributed by atoms with Gasteiger partial charge in [0.05, 0.1) is 5.56 Å². The molecule has 1 N–H and O–H groups in total. The van der Waals surface area contributed by atoms with Crippen molar-refractivity contribution in [3.63, 3.8) is 0 Å². The van der Waals surface area contributed by atoms with Crippen LogP contribution in [0.3, 0.4) is 0 Å². The summed E-state index contributed by atoms with van der Waals surface area (Å²) in [5, 5.41) is 4.89. The molecule has 0 fully saturated rings. The van der Waals surface area contributed by atoms with Crippen molar-refractivity contribution >= 4 is 42.1 Å². The molecule has 0 radical (unpaired) electrons. The lowest BCUT2D eigenvalue weighted by Crippen LogP contribution is -2.32. The molecule has 0 atom stereocenters. The van der Waals surface area contributed by atoms with E-state index >= 15 is 0 Å². The first-order chi connectivity index (χ1) is 10.8. The molecule has 0 spiro atoms. The van der Waals surface area contributed by atoms with E-state index < -0.39 is 11.7 Å². The van der Waals surface area contributed by atoms with Gasteiger partial charge in [-0.3, -0.25) is 4.79 Å². The van der Waals surface area contributed by atoms with E-state index in [4.69, 9.17) is 0 Å². The minimum atomic E-state index is -4.40. The first kappa shape index (κ1) is 23.6. The van der Waals surface area contributed by atoms with Crippen LogP contribution in [0, 0.1) is 0 Å². The normalized spacial score (nSPS) is 10.6. The van der Waals surface area contributed by atoms with Gasteiger partial charge in [0.25, 0.3) is 5.91 Å². The van der Waals surface area contributed by atoms with Crippen LogP contribution in [0.2, 0.25) is 0 Å². The molecule has 10 heteroatoms. The second-order valence-electron chi connectivity index (χ2n) is 4.95. The number of halogens is 5. The molecular weight excluding hydrogens is 398 g/mol. The SMILES string of the molecule is CNCCN(C)C(=O)c1csc(-c2cccc(C(F)(F)F)c2)n1.Cl.Cl. The summed E-state index contributed by atoms with van der Waals surface area (Å²) >= 11 is 1.15. The van der Waals surface area contributed by atoms with Crippen LogP contribution < -0.4 is 5.32 Å². The highest BCUT2D eigenvalue weighted by Gasteiger charge is 2.30. The summed E-state index contributed by atoms with van der Waals surface area (Å²) in [7, 11) is 3.44. The number of aromatic nitrogens is 1. The Kier molecular flexibility index (Phi) is 9.42. The number of rotatable bonds is 5. The number of likely N-dealkylation sites (N-methyl/N-ethyl adjacent to an activating group) is 2. The second kappa shape index (κ2) is 9.96. The molecule has 25 heavy (non-hydrogen) atoms. The predicted octanol–water partition coefficient (Wildman–Crippen LogP) is 3.96. The van der Waals surface area contributed by atoms with Crippen LogP contribution in [0.4, 0.5) is 13.2 Å². The Balaban J connectivity index is 0.00000288. The average Bonchev–Trinajstić information content (AvgIpc) is 3.01. The summed E-state index contributed by atoms with van der Waals surface area (Å²) in [6.45, 7) is 1.17. The van der Waals surface area contributed by atoms with E-state index in [0.717, 1.165) is 23.5 Å². The molecule has 0 bridgehead atoms. The Hall–Kier alpha value is -1.35. The minimum Gasteiger partial charge on any atom is -0.339 e. The minimum absolute atomic E-state index is 0. The number of nitrogens with zero attached hydrogens (tertiary/aromatic N) is 2. The van der Waals surface area contributed by atoms with Gasteiger partial charge in [-0.1, -0.05) is 12.1 Å². The molecule has 4 nitrogen and oxygen atoms in total. The monoisotopic (exact) mass is 415 g/mol.